The molecule has 2 rings (SSSR count). The molecule has 0 aliphatic rings. The molecule has 0 aliphatic carbocycles. The Morgan fingerprint density at radius 3 is 2.12 bits per heavy atom. The minimum atomic E-state index is 0.0639. The van der Waals surface area contributed by atoms with Crippen LogP contribution in [0.1, 0.15) is 5.56 Å². The highest BCUT2D eigenvalue weighted by atomic mass is 32.2. The highest BCUT2D eigenvalue weighted by molar-refractivity contribution is 8.03. The molecule has 1 N–H and O–H groups in total. The number of aliphatic hydroxyl groups is 1. The van der Waals surface area contributed by atoms with E-state index >= 15 is 0 Å². The average Bonchev–Trinajstić information content (AvgIpc) is 2.40. The first-order valence-corrected chi connectivity index (χ1v) is 6.29. The summed E-state index contributed by atoms with van der Waals surface area (Å²) in [6.07, 6.45) is 2.01. The summed E-state index contributed by atoms with van der Waals surface area (Å²) in [5, 5.41) is 9.36. The maximum atomic E-state index is 9.36. The lowest BCUT2D eigenvalue weighted by Crippen LogP contribution is -1.85. The zero-order valence-electron chi connectivity index (χ0n) is 9.41. The summed E-state index contributed by atoms with van der Waals surface area (Å²) in [7, 11) is 0. The van der Waals surface area contributed by atoms with E-state index in [-0.39, 0.29) is 6.61 Å². The van der Waals surface area contributed by atoms with Gasteiger partial charge in [-0.1, -0.05) is 60.3 Å². The molecule has 86 valence electrons. The molecule has 0 spiro atoms. The third-order valence-electron chi connectivity index (χ3n) is 2.28. The summed E-state index contributed by atoms with van der Waals surface area (Å²) >= 11 is 1.59. The van der Waals surface area contributed by atoms with Gasteiger partial charge in [-0.05, 0) is 23.8 Å². The van der Waals surface area contributed by atoms with Gasteiger partial charge in [-0.2, -0.15) is 0 Å². The SMILES string of the molecule is OC/C(=C/c1ccccc1)Sc1ccccc1. The molecule has 0 saturated heterocycles. The molecule has 0 radical (unpaired) electrons. The summed E-state index contributed by atoms with van der Waals surface area (Å²) in [5.41, 5.74) is 1.11. The molecule has 0 amide bonds. The Morgan fingerprint density at radius 2 is 1.53 bits per heavy atom. The van der Waals surface area contributed by atoms with Crippen molar-refractivity contribution in [3.8, 4) is 0 Å². The summed E-state index contributed by atoms with van der Waals surface area (Å²) in [5.74, 6) is 0. The van der Waals surface area contributed by atoms with Gasteiger partial charge in [0, 0.05) is 9.80 Å². The highest BCUT2D eigenvalue weighted by Gasteiger charge is 1.99. The van der Waals surface area contributed by atoms with E-state index in [1.165, 1.54) is 0 Å². The van der Waals surface area contributed by atoms with E-state index in [0.29, 0.717) is 0 Å². The molecule has 0 fully saturated rings. The van der Waals surface area contributed by atoms with Gasteiger partial charge in [-0.25, -0.2) is 0 Å². The normalized spacial score (nSPS) is 11.5. The predicted molar refractivity (Wildman–Crippen MR) is 73.8 cm³/mol. The van der Waals surface area contributed by atoms with E-state index in [4.69, 9.17) is 0 Å². The fourth-order valence-electron chi connectivity index (χ4n) is 1.48. The van der Waals surface area contributed by atoms with Crippen LogP contribution in [-0.2, 0) is 0 Å². The van der Waals surface area contributed by atoms with Gasteiger partial charge in [-0.15, -0.1) is 0 Å². The van der Waals surface area contributed by atoms with Crippen LogP contribution in [0.15, 0.2) is 70.5 Å². The largest absolute Gasteiger partial charge is 0.391 e. The van der Waals surface area contributed by atoms with Crippen molar-refractivity contribution in [1.82, 2.24) is 0 Å². The number of hydrogen-bond donors (Lipinski definition) is 1. The first-order valence-electron chi connectivity index (χ1n) is 5.48. The van der Waals surface area contributed by atoms with Crippen LogP contribution in [-0.4, -0.2) is 11.7 Å². The third-order valence-corrected chi connectivity index (χ3v) is 3.29. The topological polar surface area (TPSA) is 20.2 Å². The summed E-state index contributed by atoms with van der Waals surface area (Å²) in [6.45, 7) is 0.0639. The standard InChI is InChI=1S/C15H14OS/c16-12-15(11-13-7-3-1-4-8-13)17-14-9-5-2-6-10-14/h1-11,16H,12H2/b15-11-. The van der Waals surface area contributed by atoms with Gasteiger partial charge in [0.1, 0.15) is 0 Å². The summed E-state index contributed by atoms with van der Waals surface area (Å²) < 4.78 is 0. The summed E-state index contributed by atoms with van der Waals surface area (Å²) in [4.78, 5) is 2.09. The monoisotopic (exact) mass is 242 g/mol. The van der Waals surface area contributed by atoms with Crippen LogP contribution in [0.5, 0.6) is 0 Å². The molecule has 1 nitrogen and oxygen atoms in total. The Hall–Kier alpha value is -1.51. The molecule has 0 aliphatic heterocycles. The van der Waals surface area contributed by atoms with Crippen LogP contribution >= 0.6 is 11.8 Å². The van der Waals surface area contributed by atoms with E-state index in [0.717, 1.165) is 15.4 Å². The van der Waals surface area contributed by atoms with Crippen LogP contribution < -0.4 is 0 Å². The minimum Gasteiger partial charge on any atom is -0.391 e. The molecular weight excluding hydrogens is 228 g/mol. The van der Waals surface area contributed by atoms with Crippen molar-refractivity contribution < 1.29 is 5.11 Å². The van der Waals surface area contributed by atoms with Gasteiger partial charge in [-0.3, -0.25) is 0 Å². The van der Waals surface area contributed by atoms with E-state index in [2.05, 4.69) is 0 Å². The van der Waals surface area contributed by atoms with Gasteiger partial charge in [0.15, 0.2) is 0 Å². The number of thioether (sulfide) groups is 1. The lowest BCUT2D eigenvalue weighted by Gasteiger charge is -2.04. The van der Waals surface area contributed by atoms with Crippen LogP contribution in [0.4, 0.5) is 0 Å². The zero-order chi connectivity index (χ0) is 11.9. The number of rotatable bonds is 4. The Bertz CT molecular complexity index is 477. The second-order valence-corrected chi connectivity index (χ2v) is 4.79. The smallest absolute Gasteiger partial charge is 0.0744 e. The van der Waals surface area contributed by atoms with Crippen molar-refractivity contribution in [2.75, 3.05) is 6.61 Å². The van der Waals surface area contributed by atoms with E-state index in [1.807, 2.05) is 66.7 Å². The molecule has 2 heteroatoms. The predicted octanol–water partition coefficient (Wildman–Crippen LogP) is 3.81. The molecule has 2 aromatic rings. The molecular formula is C15H14OS. The Kier molecular flexibility index (Phi) is 4.42. The molecule has 0 atom stereocenters. The van der Waals surface area contributed by atoms with Crippen molar-refractivity contribution >= 4 is 17.8 Å². The van der Waals surface area contributed by atoms with Gasteiger partial charge >= 0.3 is 0 Å². The number of aliphatic hydroxyl groups excluding tert-OH is 1. The fourth-order valence-corrected chi connectivity index (χ4v) is 2.34. The first-order chi connectivity index (χ1) is 8.38. The van der Waals surface area contributed by atoms with Crippen molar-refractivity contribution in [1.29, 1.82) is 0 Å². The fraction of sp³-hybridized carbons (Fsp3) is 0.0667. The quantitative estimate of drug-likeness (QED) is 0.823. The van der Waals surface area contributed by atoms with E-state index in [9.17, 15) is 5.11 Å². The van der Waals surface area contributed by atoms with Crippen molar-refractivity contribution in [3.05, 3.63) is 71.1 Å². The van der Waals surface area contributed by atoms with Crippen molar-refractivity contribution in [3.63, 3.8) is 0 Å². The Labute approximate surface area is 106 Å². The van der Waals surface area contributed by atoms with E-state index in [1.54, 1.807) is 11.8 Å². The molecule has 17 heavy (non-hydrogen) atoms. The third kappa shape index (κ3) is 3.77. The summed E-state index contributed by atoms with van der Waals surface area (Å²) in [6, 6.07) is 20.1. The van der Waals surface area contributed by atoms with Crippen molar-refractivity contribution in [2.45, 2.75) is 4.90 Å². The molecule has 2 aromatic carbocycles. The highest BCUT2D eigenvalue weighted by Crippen LogP contribution is 2.27. The zero-order valence-corrected chi connectivity index (χ0v) is 10.2. The van der Waals surface area contributed by atoms with Gasteiger partial charge in [0.05, 0.1) is 6.61 Å². The average molecular weight is 242 g/mol. The molecule has 0 bridgehead atoms. The Morgan fingerprint density at radius 1 is 0.941 bits per heavy atom. The maximum absolute atomic E-state index is 9.36. The van der Waals surface area contributed by atoms with Crippen LogP contribution in [0, 0.1) is 0 Å². The lowest BCUT2D eigenvalue weighted by molar-refractivity contribution is 0.340. The second-order valence-electron chi connectivity index (χ2n) is 3.59. The van der Waals surface area contributed by atoms with Crippen LogP contribution in [0.25, 0.3) is 6.08 Å². The van der Waals surface area contributed by atoms with Crippen LogP contribution in [0.3, 0.4) is 0 Å². The maximum Gasteiger partial charge on any atom is 0.0744 e. The van der Waals surface area contributed by atoms with Crippen molar-refractivity contribution in [2.24, 2.45) is 0 Å². The minimum absolute atomic E-state index is 0.0639. The first kappa shape index (κ1) is 12.0. The van der Waals surface area contributed by atoms with Gasteiger partial charge in [0.25, 0.3) is 0 Å². The molecule has 0 saturated carbocycles. The van der Waals surface area contributed by atoms with Crippen LogP contribution in [0.2, 0.25) is 0 Å². The van der Waals surface area contributed by atoms with E-state index < -0.39 is 0 Å². The molecule has 0 unspecified atom stereocenters. The van der Waals surface area contributed by atoms with Gasteiger partial charge < -0.3 is 5.11 Å². The number of hydrogen-bond acceptors (Lipinski definition) is 2. The lowest BCUT2D eigenvalue weighted by atomic mass is 10.2. The van der Waals surface area contributed by atoms with Gasteiger partial charge in [0.2, 0.25) is 0 Å². The number of benzene rings is 2. The molecule has 0 heterocycles. The second kappa shape index (κ2) is 6.28. The molecule has 0 aromatic heterocycles. The Balaban J connectivity index is 2.15.